The molecular weight excluding hydrogens is 256 g/mol. The van der Waals surface area contributed by atoms with Crippen LogP contribution in [-0.4, -0.2) is 30.6 Å². The molecule has 2 N–H and O–H groups in total. The fraction of sp³-hybridized carbons (Fsp3) is 0.684. The van der Waals surface area contributed by atoms with Crippen molar-refractivity contribution in [1.29, 1.82) is 0 Å². The van der Waals surface area contributed by atoms with Gasteiger partial charge in [-0.3, -0.25) is 0 Å². The first-order valence-corrected chi connectivity index (χ1v) is 8.43. The summed E-state index contributed by atoms with van der Waals surface area (Å²) in [6.45, 7) is 12.6. The van der Waals surface area contributed by atoms with Crippen molar-refractivity contribution in [1.82, 2.24) is 4.90 Å². The van der Waals surface area contributed by atoms with Gasteiger partial charge in [0, 0.05) is 12.6 Å². The normalized spacial score (nSPS) is 24.8. The summed E-state index contributed by atoms with van der Waals surface area (Å²) < 4.78 is 0. The zero-order valence-corrected chi connectivity index (χ0v) is 14.2. The molecule has 118 valence electrons. The lowest BCUT2D eigenvalue weighted by Crippen LogP contribution is -2.29. The van der Waals surface area contributed by atoms with E-state index in [2.05, 4.69) is 56.9 Å². The van der Waals surface area contributed by atoms with Crippen molar-refractivity contribution in [2.75, 3.05) is 19.6 Å². The number of likely N-dealkylation sites (tertiary alicyclic amines) is 1. The molecule has 1 aromatic carbocycles. The number of benzene rings is 1. The summed E-state index contributed by atoms with van der Waals surface area (Å²) >= 11 is 0. The summed E-state index contributed by atoms with van der Waals surface area (Å²) in [5.41, 5.74) is 9.29. The third-order valence-electron chi connectivity index (χ3n) is 4.95. The molecule has 0 amide bonds. The van der Waals surface area contributed by atoms with E-state index in [1.807, 2.05) is 0 Å². The van der Waals surface area contributed by atoms with Gasteiger partial charge in [-0.25, -0.2) is 0 Å². The van der Waals surface area contributed by atoms with E-state index in [-0.39, 0.29) is 5.41 Å². The van der Waals surface area contributed by atoms with Crippen molar-refractivity contribution in [2.45, 2.75) is 58.4 Å². The fourth-order valence-electron chi connectivity index (χ4n) is 3.01. The Morgan fingerprint density at radius 3 is 2.33 bits per heavy atom. The summed E-state index contributed by atoms with van der Waals surface area (Å²) in [6, 6.07) is 9.56. The average Bonchev–Trinajstić information content (AvgIpc) is 2.60. The second-order valence-corrected chi connectivity index (χ2v) is 7.76. The van der Waals surface area contributed by atoms with E-state index in [1.54, 1.807) is 0 Å². The number of hydrogen-bond donors (Lipinski definition) is 1. The highest BCUT2D eigenvalue weighted by Gasteiger charge is 2.20. The molecule has 1 saturated heterocycles. The standard InChI is InChI=1S/C19H32N2/c1-15-9-12-21(14-11-18(15)20)13-10-16-5-7-17(8-6-16)19(2,3)4/h5-8,15,18H,9-14,20H2,1-4H3/t15-,18-/m1/s1. The van der Waals surface area contributed by atoms with E-state index in [0.29, 0.717) is 12.0 Å². The molecule has 1 aromatic rings. The zero-order chi connectivity index (χ0) is 15.5. The first kappa shape index (κ1) is 16.5. The van der Waals surface area contributed by atoms with Gasteiger partial charge in [0.1, 0.15) is 0 Å². The van der Waals surface area contributed by atoms with Crippen molar-refractivity contribution in [2.24, 2.45) is 11.7 Å². The zero-order valence-electron chi connectivity index (χ0n) is 14.2. The smallest absolute Gasteiger partial charge is 0.00771 e. The van der Waals surface area contributed by atoms with Crippen LogP contribution in [0.4, 0.5) is 0 Å². The van der Waals surface area contributed by atoms with Crippen LogP contribution < -0.4 is 5.73 Å². The molecule has 1 aliphatic heterocycles. The van der Waals surface area contributed by atoms with Crippen LogP contribution in [-0.2, 0) is 11.8 Å². The van der Waals surface area contributed by atoms with Crippen LogP contribution in [0.25, 0.3) is 0 Å². The molecule has 2 heteroatoms. The van der Waals surface area contributed by atoms with Crippen LogP contribution in [0.2, 0.25) is 0 Å². The highest BCUT2D eigenvalue weighted by Crippen LogP contribution is 2.22. The highest BCUT2D eigenvalue weighted by molar-refractivity contribution is 5.27. The lowest BCUT2D eigenvalue weighted by molar-refractivity contribution is 0.285. The van der Waals surface area contributed by atoms with Crippen LogP contribution in [0.1, 0.15) is 51.7 Å². The maximum absolute atomic E-state index is 6.18. The van der Waals surface area contributed by atoms with E-state index < -0.39 is 0 Å². The van der Waals surface area contributed by atoms with Gasteiger partial charge in [0.15, 0.2) is 0 Å². The van der Waals surface area contributed by atoms with Crippen molar-refractivity contribution in [3.63, 3.8) is 0 Å². The monoisotopic (exact) mass is 288 g/mol. The molecule has 0 aliphatic carbocycles. The number of nitrogens with two attached hydrogens (primary N) is 1. The van der Waals surface area contributed by atoms with E-state index in [4.69, 9.17) is 5.73 Å². The average molecular weight is 288 g/mol. The van der Waals surface area contributed by atoms with Crippen LogP contribution in [0.15, 0.2) is 24.3 Å². The van der Waals surface area contributed by atoms with Gasteiger partial charge in [-0.2, -0.15) is 0 Å². The summed E-state index contributed by atoms with van der Waals surface area (Å²) in [7, 11) is 0. The first-order chi connectivity index (χ1) is 9.86. The highest BCUT2D eigenvalue weighted by atomic mass is 15.1. The third-order valence-corrected chi connectivity index (χ3v) is 4.95. The SMILES string of the molecule is C[C@@H]1CCN(CCc2ccc(C(C)(C)C)cc2)CC[C@H]1N. The molecule has 0 aromatic heterocycles. The van der Waals surface area contributed by atoms with Gasteiger partial charge < -0.3 is 10.6 Å². The number of nitrogens with zero attached hydrogens (tertiary/aromatic N) is 1. The maximum Gasteiger partial charge on any atom is 0.00771 e. The minimum Gasteiger partial charge on any atom is -0.327 e. The van der Waals surface area contributed by atoms with E-state index in [0.717, 1.165) is 25.9 Å². The Balaban J connectivity index is 1.85. The number of hydrogen-bond acceptors (Lipinski definition) is 2. The van der Waals surface area contributed by atoms with Crippen LogP contribution in [0, 0.1) is 5.92 Å². The Morgan fingerprint density at radius 2 is 1.71 bits per heavy atom. The van der Waals surface area contributed by atoms with Gasteiger partial charge in [-0.1, -0.05) is 52.0 Å². The molecule has 21 heavy (non-hydrogen) atoms. The molecule has 0 bridgehead atoms. The molecule has 0 unspecified atom stereocenters. The van der Waals surface area contributed by atoms with Crippen LogP contribution >= 0.6 is 0 Å². The van der Waals surface area contributed by atoms with E-state index in [1.165, 1.54) is 24.1 Å². The molecule has 2 nitrogen and oxygen atoms in total. The molecule has 0 radical (unpaired) electrons. The molecule has 0 saturated carbocycles. The largest absolute Gasteiger partial charge is 0.327 e. The van der Waals surface area contributed by atoms with Gasteiger partial charge in [-0.15, -0.1) is 0 Å². The molecule has 2 rings (SSSR count). The fourth-order valence-corrected chi connectivity index (χ4v) is 3.01. The Labute approximate surface area is 130 Å². The minimum absolute atomic E-state index is 0.246. The van der Waals surface area contributed by atoms with E-state index in [9.17, 15) is 0 Å². The molecule has 1 fully saturated rings. The van der Waals surface area contributed by atoms with Crippen molar-refractivity contribution < 1.29 is 0 Å². The molecule has 0 spiro atoms. The van der Waals surface area contributed by atoms with Crippen molar-refractivity contribution in [3.8, 4) is 0 Å². The summed E-state index contributed by atoms with van der Waals surface area (Å²) in [4.78, 5) is 2.58. The Kier molecular flexibility index (Phi) is 5.45. The summed E-state index contributed by atoms with van der Waals surface area (Å²) in [5, 5.41) is 0. The lowest BCUT2D eigenvalue weighted by Gasteiger charge is -2.21. The molecular formula is C19H32N2. The lowest BCUT2D eigenvalue weighted by atomic mass is 9.86. The van der Waals surface area contributed by atoms with Crippen LogP contribution in [0.5, 0.6) is 0 Å². The van der Waals surface area contributed by atoms with Gasteiger partial charge in [0.2, 0.25) is 0 Å². The van der Waals surface area contributed by atoms with Gasteiger partial charge in [0.05, 0.1) is 0 Å². The van der Waals surface area contributed by atoms with E-state index >= 15 is 0 Å². The molecule has 2 atom stereocenters. The quantitative estimate of drug-likeness (QED) is 0.921. The number of rotatable bonds is 3. The van der Waals surface area contributed by atoms with Gasteiger partial charge >= 0.3 is 0 Å². The summed E-state index contributed by atoms with van der Waals surface area (Å²) in [5.74, 6) is 0.668. The Hall–Kier alpha value is -0.860. The second-order valence-electron chi connectivity index (χ2n) is 7.76. The van der Waals surface area contributed by atoms with Crippen molar-refractivity contribution >= 4 is 0 Å². The predicted molar refractivity (Wildman–Crippen MR) is 91.7 cm³/mol. The van der Waals surface area contributed by atoms with Gasteiger partial charge in [-0.05, 0) is 54.8 Å². The molecule has 1 heterocycles. The minimum atomic E-state index is 0.246. The van der Waals surface area contributed by atoms with Crippen LogP contribution in [0.3, 0.4) is 0 Å². The van der Waals surface area contributed by atoms with Crippen molar-refractivity contribution in [3.05, 3.63) is 35.4 Å². The van der Waals surface area contributed by atoms with Gasteiger partial charge in [0.25, 0.3) is 0 Å². The second kappa shape index (κ2) is 6.93. The maximum atomic E-state index is 6.18. The molecule has 1 aliphatic rings. The third kappa shape index (κ3) is 4.82. The topological polar surface area (TPSA) is 29.3 Å². The summed E-state index contributed by atoms with van der Waals surface area (Å²) in [6.07, 6.45) is 3.53. The Morgan fingerprint density at radius 1 is 1.10 bits per heavy atom. The first-order valence-electron chi connectivity index (χ1n) is 8.43. The predicted octanol–water partition coefficient (Wildman–Crippen LogP) is 3.59. The Bertz CT molecular complexity index is 418.